The van der Waals surface area contributed by atoms with Gasteiger partial charge in [0.2, 0.25) is 0 Å². The summed E-state index contributed by atoms with van der Waals surface area (Å²) in [5.41, 5.74) is 0. The van der Waals surface area contributed by atoms with Crippen molar-refractivity contribution in [2.45, 2.75) is 6.04 Å². The first-order valence-electron chi connectivity index (χ1n) is 2.98. The van der Waals surface area contributed by atoms with Crippen molar-refractivity contribution in [2.24, 2.45) is 0 Å². The molecule has 4 nitrogen and oxygen atoms in total. The monoisotopic (exact) mass is 133 g/mol. The molecule has 0 radical (unpaired) electrons. The van der Waals surface area contributed by atoms with Crippen LogP contribution in [0.3, 0.4) is 0 Å². The molecule has 1 heterocycles. The molecule has 1 saturated heterocycles. The molecule has 0 bridgehead atoms. The van der Waals surface area contributed by atoms with Crippen molar-refractivity contribution in [3.05, 3.63) is 0 Å². The summed E-state index contributed by atoms with van der Waals surface area (Å²) in [4.78, 5) is 0. The Morgan fingerprint density at radius 3 is 2.56 bits per heavy atom. The lowest BCUT2D eigenvalue weighted by Gasteiger charge is -2.32. The Labute approximate surface area is 53.6 Å². The fourth-order valence-electron chi connectivity index (χ4n) is 0.680. The van der Waals surface area contributed by atoms with Crippen molar-refractivity contribution in [1.29, 1.82) is 0 Å². The Kier molecular flexibility index (Phi) is 2.41. The Bertz CT molecular complexity index is 84.3. The van der Waals surface area contributed by atoms with Gasteiger partial charge in [-0.05, 0) is 0 Å². The highest BCUT2D eigenvalue weighted by Gasteiger charge is 2.23. The van der Waals surface area contributed by atoms with Gasteiger partial charge in [-0.15, -0.1) is 0 Å². The standard InChI is InChI=1S/C5H11NO3/c7-2-1-6(8)5-3-9-4-5/h5,7-8H,1-4H2. The molecular formula is C5H11NO3. The van der Waals surface area contributed by atoms with E-state index >= 15 is 0 Å². The Morgan fingerprint density at radius 2 is 2.22 bits per heavy atom. The molecule has 0 aromatic carbocycles. The number of ether oxygens (including phenoxy) is 1. The van der Waals surface area contributed by atoms with Gasteiger partial charge < -0.3 is 15.1 Å². The first-order valence-corrected chi connectivity index (χ1v) is 2.98. The summed E-state index contributed by atoms with van der Waals surface area (Å²) in [6.07, 6.45) is 0. The fourth-order valence-corrected chi connectivity index (χ4v) is 0.680. The number of hydrogen-bond acceptors (Lipinski definition) is 4. The summed E-state index contributed by atoms with van der Waals surface area (Å²) in [7, 11) is 0. The molecule has 1 fully saturated rings. The second kappa shape index (κ2) is 3.12. The zero-order valence-electron chi connectivity index (χ0n) is 5.16. The van der Waals surface area contributed by atoms with E-state index in [0.717, 1.165) is 5.06 Å². The highest BCUT2D eigenvalue weighted by molar-refractivity contribution is 4.70. The van der Waals surface area contributed by atoms with E-state index in [4.69, 9.17) is 15.1 Å². The molecule has 0 aromatic rings. The van der Waals surface area contributed by atoms with E-state index in [1.54, 1.807) is 0 Å². The van der Waals surface area contributed by atoms with E-state index in [-0.39, 0.29) is 12.6 Å². The maximum absolute atomic E-state index is 8.96. The molecule has 2 N–H and O–H groups in total. The molecule has 54 valence electrons. The van der Waals surface area contributed by atoms with E-state index < -0.39 is 0 Å². The number of rotatable bonds is 3. The van der Waals surface area contributed by atoms with Crippen LogP contribution in [0, 0.1) is 0 Å². The fraction of sp³-hybridized carbons (Fsp3) is 1.00. The molecule has 0 aliphatic carbocycles. The number of aliphatic hydroxyl groups excluding tert-OH is 1. The SMILES string of the molecule is OCCN(O)C1COC1. The molecule has 9 heavy (non-hydrogen) atoms. The van der Waals surface area contributed by atoms with Gasteiger partial charge in [-0.25, -0.2) is 0 Å². The highest BCUT2D eigenvalue weighted by Crippen LogP contribution is 2.06. The average molecular weight is 133 g/mol. The Balaban J connectivity index is 2.08. The van der Waals surface area contributed by atoms with Crippen LogP contribution in [0.5, 0.6) is 0 Å². The summed E-state index contributed by atoms with van der Waals surface area (Å²) in [6, 6.07) is 0.108. The van der Waals surface area contributed by atoms with Gasteiger partial charge in [0.1, 0.15) is 0 Å². The minimum atomic E-state index is -0.00694. The van der Waals surface area contributed by atoms with Crippen molar-refractivity contribution < 1.29 is 15.1 Å². The Hall–Kier alpha value is -0.160. The molecular weight excluding hydrogens is 122 g/mol. The number of aliphatic hydroxyl groups is 1. The van der Waals surface area contributed by atoms with Gasteiger partial charge in [-0.1, -0.05) is 0 Å². The largest absolute Gasteiger partial charge is 0.395 e. The molecule has 1 aliphatic heterocycles. The number of hydrogen-bond donors (Lipinski definition) is 2. The van der Waals surface area contributed by atoms with Crippen LogP contribution in [0.15, 0.2) is 0 Å². The topological polar surface area (TPSA) is 52.9 Å². The zero-order valence-corrected chi connectivity index (χ0v) is 5.16. The first kappa shape index (κ1) is 6.95. The average Bonchev–Trinajstić information content (AvgIpc) is 1.60. The van der Waals surface area contributed by atoms with Gasteiger partial charge in [0.15, 0.2) is 0 Å². The molecule has 0 aromatic heterocycles. The van der Waals surface area contributed by atoms with Gasteiger partial charge in [0.25, 0.3) is 0 Å². The molecule has 0 saturated carbocycles. The second-order valence-corrected chi connectivity index (χ2v) is 2.08. The third kappa shape index (κ3) is 1.62. The maximum atomic E-state index is 8.96. The van der Waals surface area contributed by atoms with Crippen molar-refractivity contribution in [3.8, 4) is 0 Å². The first-order chi connectivity index (χ1) is 4.34. The summed E-state index contributed by atoms with van der Waals surface area (Å²) >= 11 is 0. The van der Waals surface area contributed by atoms with Crippen LogP contribution in [-0.2, 0) is 4.74 Å². The van der Waals surface area contributed by atoms with Crippen molar-refractivity contribution in [1.82, 2.24) is 5.06 Å². The molecule has 1 rings (SSSR count). The van der Waals surface area contributed by atoms with Crippen LogP contribution in [0.1, 0.15) is 0 Å². The van der Waals surface area contributed by atoms with Crippen molar-refractivity contribution in [3.63, 3.8) is 0 Å². The highest BCUT2D eigenvalue weighted by atomic mass is 16.5. The van der Waals surface area contributed by atoms with E-state index in [1.165, 1.54) is 0 Å². The number of nitrogens with zero attached hydrogens (tertiary/aromatic N) is 1. The van der Waals surface area contributed by atoms with Gasteiger partial charge in [-0.3, -0.25) is 0 Å². The van der Waals surface area contributed by atoms with Crippen molar-refractivity contribution in [2.75, 3.05) is 26.4 Å². The minimum absolute atomic E-state index is 0.00694. The van der Waals surface area contributed by atoms with Crippen molar-refractivity contribution >= 4 is 0 Å². The molecule has 0 amide bonds. The third-order valence-electron chi connectivity index (χ3n) is 1.37. The predicted molar refractivity (Wildman–Crippen MR) is 30.2 cm³/mol. The van der Waals surface area contributed by atoms with E-state index in [1.807, 2.05) is 0 Å². The smallest absolute Gasteiger partial charge is 0.0818 e. The lowest BCUT2D eigenvalue weighted by atomic mass is 10.2. The minimum Gasteiger partial charge on any atom is -0.395 e. The van der Waals surface area contributed by atoms with Gasteiger partial charge in [0.05, 0.1) is 25.9 Å². The number of hydroxylamine groups is 2. The maximum Gasteiger partial charge on any atom is 0.0818 e. The predicted octanol–water partition coefficient (Wildman–Crippen LogP) is -0.931. The van der Waals surface area contributed by atoms with Crippen LogP contribution in [0.2, 0.25) is 0 Å². The lowest BCUT2D eigenvalue weighted by Crippen LogP contribution is -2.48. The van der Waals surface area contributed by atoms with Gasteiger partial charge in [-0.2, -0.15) is 5.06 Å². The third-order valence-corrected chi connectivity index (χ3v) is 1.37. The van der Waals surface area contributed by atoms with Crippen LogP contribution in [0.25, 0.3) is 0 Å². The van der Waals surface area contributed by atoms with E-state index in [2.05, 4.69) is 0 Å². The lowest BCUT2D eigenvalue weighted by molar-refractivity contribution is -0.203. The Morgan fingerprint density at radius 1 is 1.56 bits per heavy atom. The molecule has 0 unspecified atom stereocenters. The van der Waals surface area contributed by atoms with E-state index in [9.17, 15) is 0 Å². The van der Waals surface area contributed by atoms with Crippen LogP contribution in [0.4, 0.5) is 0 Å². The summed E-state index contributed by atoms with van der Waals surface area (Å²) < 4.78 is 4.82. The molecule has 0 atom stereocenters. The molecule has 1 aliphatic rings. The summed E-state index contributed by atoms with van der Waals surface area (Å²) in [5.74, 6) is 0. The van der Waals surface area contributed by atoms with Gasteiger partial charge >= 0.3 is 0 Å². The van der Waals surface area contributed by atoms with E-state index in [0.29, 0.717) is 19.8 Å². The molecule has 0 spiro atoms. The quantitative estimate of drug-likeness (QED) is 0.488. The zero-order chi connectivity index (χ0) is 6.69. The van der Waals surface area contributed by atoms with Crippen LogP contribution >= 0.6 is 0 Å². The molecule has 4 heteroatoms. The summed E-state index contributed by atoms with van der Waals surface area (Å²) in [6.45, 7) is 1.47. The second-order valence-electron chi connectivity index (χ2n) is 2.08. The summed E-state index contributed by atoms with van der Waals surface area (Å²) in [5, 5.41) is 18.4. The van der Waals surface area contributed by atoms with Gasteiger partial charge in [0, 0.05) is 6.54 Å². The normalized spacial score (nSPS) is 20.3. The van der Waals surface area contributed by atoms with Crippen LogP contribution in [-0.4, -0.2) is 47.8 Å². The van der Waals surface area contributed by atoms with Crippen LogP contribution < -0.4 is 0 Å².